The van der Waals surface area contributed by atoms with Gasteiger partial charge in [-0.25, -0.2) is 0 Å². The van der Waals surface area contributed by atoms with Crippen molar-refractivity contribution in [3.05, 3.63) is 336 Å². The summed E-state index contributed by atoms with van der Waals surface area (Å²) in [5.74, 6) is 5.72. The van der Waals surface area contributed by atoms with E-state index in [1.165, 1.54) is 31.0 Å². The van der Waals surface area contributed by atoms with Crippen LogP contribution in [0.3, 0.4) is 0 Å². The average molecular weight is 1820 g/mol. The van der Waals surface area contributed by atoms with Gasteiger partial charge in [0.15, 0.2) is 0 Å². The quantitative estimate of drug-likeness (QED) is 0.0217. The summed E-state index contributed by atoms with van der Waals surface area (Å²) in [6.07, 6.45) is 10.6. The van der Waals surface area contributed by atoms with Crippen molar-refractivity contribution in [1.82, 2.24) is 89.9 Å². The van der Waals surface area contributed by atoms with Crippen molar-refractivity contribution in [2.45, 2.75) is 55.4 Å². The number of nitrogens with one attached hydrogen (secondary N) is 6. The van der Waals surface area contributed by atoms with Gasteiger partial charge < -0.3 is 23.7 Å². The molecule has 6 N–H and O–H groups in total. The number of methoxy groups -OCH3 is 1. The Morgan fingerprint density at radius 3 is 1.16 bits per heavy atom. The number of aromatic amines is 6. The van der Waals surface area contributed by atoms with E-state index in [0.29, 0.717) is 77.2 Å². The normalized spacial score (nSPS) is 10.8. The molecule has 0 aliphatic heterocycles. The van der Waals surface area contributed by atoms with Crippen LogP contribution in [0.2, 0.25) is 10.0 Å². The Morgan fingerprint density at radius 1 is 0.326 bits per heavy atom. The maximum atomic E-state index is 10.9. The van der Waals surface area contributed by atoms with Crippen LogP contribution in [-0.4, -0.2) is 128 Å². The molecule has 0 fully saturated rings. The van der Waals surface area contributed by atoms with Gasteiger partial charge in [0.1, 0.15) is 39.8 Å². The van der Waals surface area contributed by atoms with E-state index in [9.17, 15) is 10.1 Å². The summed E-state index contributed by atoms with van der Waals surface area (Å²) in [5.41, 5.74) is 23.2. The highest BCUT2D eigenvalue weighted by atomic mass is 35.5. The van der Waals surface area contributed by atoms with Crippen LogP contribution < -0.4 is 23.7 Å². The Morgan fingerprint density at radius 2 is 0.697 bits per heavy atom. The molecule has 0 radical (unpaired) electrons. The lowest BCUT2D eigenvalue weighted by atomic mass is 10.1. The van der Waals surface area contributed by atoms with Gasteiger partial charge in [0.05, 0.1) is 130 Å². The maximum Gasteiger partial charge on any atom is 0.270 e. The van der Waals surface area contributed by atoms with Gasteiger partial charge in [-0.2, -0.15) is 39.3 Å². The number of para-hydroxylation sites is 2. The van der Waals surface area contributed by atoms with Crippen LogP contribution in [0.15, 0.2) is 316 Å². The molecule has 11 heterocycles. The highest BCUT2D eigenvalue weighted by molar-refractivity contribution is 7.00. The van der Waals surface area contributed by atoms with E-state index in [1.54, 1.807) is 43.2 Å². The predicted molar refractivity (Wildman–Crippen MR) is 523 cm³/mol. The van der Waals surface area contributed by atoms with Gasteiger partial charge in [0.2, 0.25) is 0 Å². The van der Waals surface area contributed by atoms with E-state index in [0.717, 1.165) is 158 Å². The van der Waals surface area contributed by atoms with Gasteiger partial charge in [0, 0.05) is 115 Å². The monoisotopic (exact) mass is 1810 g/mol. The van der Waals surface area contributed by atoms with Crippen molar-refractivity contribution in [2.24, 2.45) is 23.7 Å². The number of nitro benzene ring substituents is 1. The van der Waals surface area contributed by atoms with E-state index in [1.807, 2.05) is 261 Å². The molecule has 0 unspecified atom stereocenters. The van der Waals surface area contributed by atoms with Crippen molar-refractivity contribution in [1.29, 1.82) is 0 Å². The molecule has 0 saturated carbocycles. The fraction of sp³-hybridized carbons (Fsp3) is 0.165. The fourth-order valence-electron chi connectivity index (χ4n) is 13.3. The highest BCUT2D eigenvalue weighted by Crippen LogP contribution is 2.40. The van der Waals surface area contributed by atoms with Gasteiger partial charge in [-0.05, 0) is 181 Å². The molecule has 666 valence electrons. The van der Waals surface area contributed by atoms with Crippen LogP contribution in [0.4, 0.5) is 5.69 Å². The Hall–Kier alpha value is -15.6. The minimum Gasteiger partial charge on any atom is -0.496 e. The lowest BCUT2D eigenvalue weighted by Crippen LogP contribution is -2.05. The molecule has 26 nitrogen and oxygen atoms in total. The molecule has 0 saturated heterocycles. The third kappa shape index (κ3) is 25.3. The first-order valence-electron chi connectivity index (χ1n) is 42.8. The van der Waals surface area contributed by atoms with Gasteiger partial charge >= 0.3 is 0 Å². The Kier molecular flexibility index (Phi) is 32.2. The summed E-state index contributed by atoms with van der Waals surface area (Å²) in [7, 11) is 1.53. The number of hydrogen-bond donors (Lipinski definition) is 6. The number of benzene rings is 8. The van der Waals surface area contributed by atoms with E-state index in [-0.39, 0.29) is 5.69 Å². The van der Waals surface area contributed by atoms with Crippen LogP contribution in [0.1, 0.15) is 55.4 Å². The van der Waals surface area contributed by atoms with Crippen molar-refractivity contribution in [3.63, 3.8) is 0 Å². The second-order valence-corrected chi connectivity index (χ2v) is 33.2. The first-order chi connectivity index (χ1) is 64.3. The Balaban J connectivity index is 0.000000127. The maximum absolute atomic E-state index is 10.9. The largest absolute Gasteiger partial charge is 0.496 e. The molecular weight excluding hydrogens is 1720 g/mol. The Labute approximate surface area is 778 Å². The second-order valence-electron chi connectivity index (χ2n) is 31.8. The van der Waals surface area contributed by atoms with Gasteiger partial charge in [-0.1, -0.05) is 188 Å². The lowest BCUT2D eigenvalue weighted by molar-refractivity contribution is -0.384. The molecule has 0 amide bonds. The topological polar surface area (TPSA) is 339 Å². The number of aromatic nitrogens is 18. The zero-order chi connectivity index (χ0) is 92.1. The van der Waals surface area contributed by atoms with Crippen LogP contribution in [-0.2, 0) is 0 Å². The predicted octanol–water partition coefficient (Wildman–Crippen LogP) is 25.4. The number of H-pyrrole nitrogens is 6. The fourth-order valence-corrected chi connectivity index (χ4v) is 14.2. The third-order valence-electron chi connectivity index (χ3n) is 19.7. The lowest BCUT2D eigenvalue weighted by Gasteiger charge is -2.12. The average Bonchev–Trinajstić information content (AvgIpc) is 1.65. The third-order valence-corrected chi connectivity index (χ3v) is 20.8. The molecule has 8 aromatic carbocycles. The number of nitro groups is 1. The SMILES string of the molecule is CC(C)COc1ccc(Cl)cc1-c1cc(-c2ccccn2)[nH]n1.CC(C)COc1ccc(Cl)cc1-c1cc(-c2cccnc2)n[nH]1.CC(C)COc1ccccc1-c1cc(-c2ccccn2)[nH]n1.CC(C)COc1ccccc1-c1cc(-c2cccnc2)n[nH]1.COc1ccc([N+](=O)[O-])cc1-c1cc(-c2ccccc2)n[nH]1.c1ccc(-c2cc(-c3cccc4nsnc34)[nH]n2)cc1. The molecule has 19 rings (SSSR count). The molecule has 0 aliphatic carbocycles. The summed E-state index contributed by atoms with van der Waals surface area (Å²) in [5, 5.41) is 56.7. The van der Waals surface area contributed by atoms with Crippen LogP contribution in [0, 0.1) is 33.8 Å². The summed E-state index contributed by atoms with van der Waals surface area (Å²) in [4.78, 5) is 27.4. The Bertz CT molecular complexity index is 6570. The summed E-state index contributed by atoms with van der Waals surface area (Å²) in [6.45, 7) is 19.7. The molecule has 11 aromatic heterocycles. The number of nitrogens with zero attached hydrogens (tertiary/aromatic N) is 13. The van der Waals surface area contributed by atoms with Crippen LogP contribution >= 0.6 is 34.9 Å². The van der Waals surface area contributed by atoms with E-state index in [2.05, 4.69) is 145 Å². The standard InChI is InChI=1S/2C18H18ClN3O.2C18H19N3O.C16H13N3O3.C15H10N4S/c1-12(2)11-23-18-6-5-14(19)8-15(18)17-9-16(21-22-17)13-4-3-7-20-10-13;1-12(2)11-23-18-7-6-13(19)9-14(18)16-10-17(22-21-16)15-5-3-4-8-20-15;1-13(2)12-22-18-9-4-3-7-14(18)16-11-17(21-20-16)15-8-5-6-10-19-15;1-13(2)12-22-18-8-4-3-7-15(18)17-10-16(20-21-17)14-6-5-9-19-11-14;1-22-16-8-7-12(19(20)21)9-13(16)15-10-14(17-18-15)11-5-3-2-4-6-11;1-2-5-10(6-3-1)13-9-14(17-16-13)11-7-4-8-12-15(11)19-20-18-12/h2*3-10,12H,11H2,1-2H3,(H,21,22);2*3-11,13H,12H2,1-2H3,(H,20,21);2-10H,1H3,(H,17,18);1-9H,(H,16,17). The minimum atomic E-state index is -0.433. The molecule has 0 bridgehead atoms. The first kappa shape index (κ1) is 92.6. The van der Waals surface area contributed by atoms with Crippen molar-refractivity contribution in [3.8, 4) is 164 Å². The van der Waals surface area contributed by atoms with Crippen LogP contribution in [0.25, 0.3) is 146 Å². The van der Waals surface area contributed by atoms with Crippen molar-refractivity contribution >= 4 is 51.7 Å². The number of ether oxygens (including phenoxy) is 5. The number of rotatable bonds is 26. The van der Waals surface area contributed by atoms with Gasteiger partial charge in [-0.3, -0.25) is 60.6 Å². The summed E-state index contributed by atoms with van der Waals surface area (Å²) >= 11 is 13.5. The number of halogens is 2. The van der Waals surface area contributed by atoms with E-state index < -0.39 is 4.92 Å². The number of non-ortho nitro benzene ring substituents is 1. The second kappa shape index (κ2) is 45.9. The molecule has 29 heteroatoms. The summed E-state index contributed by atoms with van der Waals surface area (Å²) < 4.78 is 37.5. The molecule has 0 atom stereocenters. The highest BCUT2D eigenvalue weighted by Gasteiger charge is 2.21. The summed E-state index contributed by atoms with van der Waals surface area (Å²) in [6, 6.07) is 88.6. The van der Waals surface area contributed by atoms with E-state index >= 15 is 0 Å². The number of hydrogen-bond acceptors (Lipinski definition) is 20. The zero-order valence-electron chi connectivity index (χ0n) is 74.0. The molecule has 0 aliphatic rings. The first-order valence-corrected chi connectivity index (χ1v) is 44.2. The van der Waals surface area contributed by atoms with E-state index in [4.69, 9.17) is 46.9 Å². The smallest absolute Gasteiger partial charge is 0.270 e. The van der Waals surface area contributed by atoms with Crippen molar-refractivity contribution in [2.75, 3.05) is 33.5 Å². The molecule has 0 spiro atoms. The zero-order valence-corrected chi connectivity index (χ0v) is 76.3. The molecule has 132 heavy (non-hydrogen) atoms. The van der Waals surface area contributed by atoms with Crippen LogP contribution in [0.5, 0.6) is 28.7 Å². The van der Waals surface area contributed by atoms with Crippen molar-refractivity contribution < 1.29 is 28.6 Å². The minimum absolute atomic E-state index is 0.00617. The number of fused-ring (bicyclic) bond motifs is 1. The molecule has 19 aromatic rings. The van der Waals surface area contributed by atoms with Gasteiger partial charge in [-0.15, -0.1) is 0 Å². The number of pyridine rings is 4. The van der Waals surface area contributed by atoms with Gasteiger partial charge in [0.25, 0.3) is 5.69 Å². The molecular formula is C103H97Cl2N19O7S.